The highest BCUT2D eigenvalue weighted by molar-refractivity contribution is 5.95. The topological polar surface area (TPSA) is 54.4 Å². The highest BCUT2D eigenvalue weighted by atomic mass is 16.4. The fraction of sp³-hybridized carbons (Fsp3) is 0.333. The van der Waals surface area contributed by atoms with Gasteiger partial charge in [-0.25, -0.2) is 0 Å². The number of hydrogen-bond donors (Lipinski definition) is 1. The lowest BCUT2D eigenvalue weighted by atomic mass is 9.72. The first-order valence-corrected chi connectivity index (χ1v) is 6.08. The van der Waals surface area contributed by atoms with Crippen LogP contribution in [0, 0.1) is 0 Å². The van der Waals surface area contributed by atoms with Crippen LogP contribution in [0.2, 0.25) is 0 Å². The molecule has 0 aromatic heterocycles. The number of carboxylic acids is 1. The van der Waals surface area contributed by atoms with Gasteiger partial charge in [-0.15, -0.1) is 0 Å². The van der Waals surface area contributed by atoms with Crippen LogP contribution >= 0.6 is 0 Å². The number of aliphatic carboxylic acids is 1. The summed E-state index contributed by atoms with van der Waals surface area (Å²) in [5.41, 5.74) is 0.327. The van der Waals surface area contributed by atoms with E-state index in [1.54, 1.807) is 19.1 Å². The van der Waals surface area contributed by atoms with E-state index < -0.39 is 11.4 Å². The van der Waals surface area contributed by atoms with Crippen molar-refractivity contribution in [2.24, 2.45) is 0 Å². The number of rotatable bonds is 3. The molecule has 0 radical (unpaired) electrons. The number of benzene rings is 1. The van der Waals surface area contributed by atoms with E-state index in [9.17, 15) is 14.7 Å². The van der Waals surface area contributed by atoms with Crippen LogP contribution in [0.25, 0.3) is 0 Å². The molecule has 1 aromatic rings. The summed E-state index contributed by atoms with van der Waals surface area (Å²) in [5, 5.41) is 9.57. The summed E-state index contributed by atoms with van der Waals surface area (Å²) >= 11 is 0. The average molecular weight is 244 g/mol. The molecule has 0 fully saturated rings. The lowest BCUT2D eigenvalue weighted by Crippen LogP contribution is -2.36. The fourth-order valence-electron chi connectivity index (χ4n) is 2.40. The van der Waals surface area contributed by atoms with Crippen molar-refractivity contribution in [3.63, 3.8) is 0 Å². The van der Waals surface area contributed by atoms with Crippen LogP contribution in [0.3, 0.4) is 0 Å². The third-order valence-electron chi connectivity index (χ3n) is 3.63. The maximum Gasteiger partial charge on any atom is 0.318 e. The largest absolute Gasteiger partial charge is 0.480 e. The van der Waals surface area contributed by atoms with Crippen LogP contribution in [0.1, 0.15) is 31.7 Å². The molecule has 0 heterocycles. The number of carbonyl (C=O) groups is 2. The highest BCUT2D eigenvalue weighted by Gasteiger charge is 2.39. The van der Waals surface area contributed by atoms with Crippen LogP contribution in [-0.4, -0.2) is 16.9 Å². The SMILES string of the molecule is CC(C(=O)O)(C1=CC(=O)CCC1)c1ccccc1. The average Bonchev–Trinajstić information content (AvgIpc) is 2.38. The van der Waals surface area contributed by atoms with Crippen LogP contribution in [0.15, 0.2) is 42.0 Å². The van der Waals surface area contributed by atoms with Gasteiger partial charge in [-0.05, 0) is 37.0 Å². The van der Waals surface area contributed by atoms with Gasteiger partial charge in [0.1, 0.15) is 5.41 Å². The van der Waals surface area contributed by atoms with Gasteiger partial charge >= 0.3 is 5.97 Å². The molecule has 3 nitrogen and oxygen atoms in total. The summed E-state index contributed by atoms with van der Waals surface area (Å²) in [6.07, 6.45) is 3.45. The van der Waals surface area contributed by atoms with Gasteiger partial charge < -0.3 is 5.11 Å². The Balaban J connectivity index is 2.52. The summed E-state index contributed by atoms with van der Waals surface area (Å²) in [6.45, 7) is 1.68. The van der Waals surface area contributed by atoms with E-state index in [0.717, 1.165) is 12.0 Å². The van der Waals surface area contributed by atoms with Crippen molar-refractivity contribution >= 4 is 11.8 Å². The van der Waals surface area contributed by atoms with Gasteiger partial charge in [0.05, 0.1) is 0 Å². The van der Waals surface area contributed by atoms with E-state index in [-0.39, 0.29) is 5.78 Å². The van der Waals surface area contributed by atoms with Gasteiger partial charge in [0.15, 0.2) is 5.78 Å². The Morgan fingerprint density at radius 2 is 1.89 bits per heavy atom. The Labute approximate surface area is 106 Å². The number of allylic oxidation sites excluding steroid dienone is 1. The quantitative estimate of drug-likeness (QED) is 0.889. The Kier molecular flexibility index (Phi) is 3.32. The lowest BCUT2D eigenvalue weighted by molar-refractivity contribution is -0.141. The molecule has 1 atom stereocenters. The van der Waals surface area contributed by atoms with E-state index in [1.165, 1.54) is 6.08 Å². The molecule has 1 aromatic carbocycles. The first-order chi connectivity index (χ1) is 8.55. The van der Waals surface area contributed by atoms with Gasteiger partial charge in [-0.3, -0.25) is 9.59 Å². The standard InChI is InChI=1S/C15H16O3/c1-15(14(17)18,11-6-3-2-4-7-11)12-8-5-9-13(16)10-12/h2-4,6-7,10H,5,8-9H2,1H3,(H,17,18). The van der Waals surface area contributed by atoms with E-state index in [0.29, 0.717) is 18.4 Å². The van der Waals surface area contributed by atoms with Crippen LogP contribution in [0.4, 0.5) is 0 Å². The van der Waals surface area contributed by atoms with Crippen LogP contribution in [0.5, 0.6) is 0 Å². The zero-order valence-corrected chi connectivity index (χ0v) is 10.3. The normalized spacial score (nSPS) is 18.9. The molecule has 0 aliphatic heterocycles. The number of ketones is 1. The molecule has 1 unspecified atom stereocenters. The van der Waals surface area contributed by atoms with Crippen LogP contribution < -0.4 is 0 Å². The maximum atomic E-state index is 11.7. The first kappa shape index (κ1) is 12.6. The highest BCUT2D eigenvalue weighted by Crippen LogP contribution is 2.37. The molecular weight excluding hydrogens is 228 g/mol. The van der Waals surface area contributed by atoms with E-state index in [4.69, 9.17) is 0 Å². The van der Waals surface area contributed by atoms with E-state index >= 15 is 0 Å². The fourth-order valence-corrected chi connectivity index (χ4v) is 2.40. The predicted molar refractivity (Wildman–Crippen MR) is 68.4 cm³/mol. The molecule has 0 spiro atoms. The summed E-state index contributed by atoms with van der Waals surface area (Å²) < 4.78 is 0. The molecule has 3 heteroatoms. The maximum absolute atomic E-state index is 11.7. The molecule has 0 saturated heterocycles. The molecule has 1 N–H and O–H groups in total. The minimum absolute atomic E-state index is 0.0275. The van der Waals surface area contributed by atoms with Crippen molar-refractivity contribution in [2.75, 3.05) is 0 Å². The Morgan fingerprint density at radius 3 is 2.44 bits per heavy atom. The van der Waals surface area contributed by atoms with Crippen molar-refractivity contribution in [3.05, 3.63) is 47.5 Å². The van der Waals surface area contributed by atoms with Crippen molar-refractivity contribution in [2.45, 2.75) is 31.6 Å². The Bertz CT molecular complexity index is 502. The van der Waals surface area contributed by atoms with Crippen molar-refractivity contribution < 1.29 is 14.7 Å². The smallest absolute Gasteiger partial charge is 0.318 e. The Morgan fingerprint density at radius 1 is 1.22 bits per heavy atom. The molecule has 1 aliphatic carbocycles. The second kappa shape index (κ2) is 4.77. The zero-order valence-electron chi connectivity index (χ0n) is 10.3. The number of hydrogen-bond acceptors (Lipinski definition) is 2. The zero-order chi connectivity index (χ0) is 13.2. The van der Waals surface area contributed by atoms with E-state index in [2.05, 4.69) is 0 Å². The van der Waals surface area contributed by atoms with Gasteiger partial charge in [-0.2, -0.15) is 0 Å². The summed E-state index contributed by atoms with van der Waals surface area (Å²) in [4.78, 5) is 23.2. The summed E-state index contributed by atoms with van der Waals surface area (Å²) in [6, 6.07) is 9.09. The van der Waals surface area contributed by atoms with Gasteiger partial charge in [0.25, 0.3) is 0 Å². The van der Waals surface area contributed by atoms with Gasteiger partial charge in [0.2, 0.25) is 0 Å². The number of carboxylic acid groups (broad SMARTS) is 1. The molecule has 2 rings (SSSR count). The van der Waals surface area contributed by atoms with Crippen molar-refractivity contribution in [1.82, 2.24) is 0 Å². The minimum atomic E-state index is -1.10. The minimum Gasteiger partial charge on any atom is -0.480 e. The first-order valence-electron chi connectivity index (χ1n) is 6.08. The summed E-state index contributed by atoms with van der Waals surface area (Å²) in [5.74, 6) is -0.880. The molecule has 1 aliphatic rings. The third-order valence-corrected chi connectivity index (χ3v) is 3.63. The monoisotopic (exact) mass is 244 g/mol. The Hall–Kier alpha value is -1.90. The van der Waals surface area contributed by atoms with E-state index in [1.807, 2.05) is 18.2 Å². The molecule has 0 saturated carbocycles. The predicted octanol–water partition coefficient (Wildman–Crippen LogP) is 2.71. The molecule has 0 amide bonds. The summed E-state index contributed by atoms with van der Waals surface area (Å²) in [7, 11) is 0. The second-order valence-corrected chi connectivity index (χ2v) is 4.79. The lowest BCUT2D eigenvalue weighted by Gasteiger charge is -2.30. The third kappa shape index (κ3) is 2.08. The molecular formula is C15H16O3. The van der Waals surface area contributed by atoms with Crippen molar-refractivity contribution in [1.29, 1.82) is 0 Å². The molecule has 94 valence electrons. The number of carbonyl (C=O) groups excluding carboxylic acids is 1. The van der Waals surface area contributed by atoms with Gasteiger partial charge in [-0.1, -0.05) is 30.3 Å². The molecule has 18 heavy (non-hydrogen) atoms. The van der Waals surface area contributed by atoms with Gasteiger partial charge in [0, 0.05) is 6.42 Å². The second-order valence-electron chi connectivity index (χ2n) is 4.79. The van der Waals surface area contributed by atoms with Crippen molar-refractivity contribution in [3.8, 4) is 0 Å². The molecule has 0 bridgehead atoms. The van der Waals surface area contributed by atoms with Crippen LogP contribution in [-0.2, 0) is 15.0 Å².